The molecule has 0 unspecified atom stereocenters. The van der Waals surface area contributed by atoms with Gasteiger partial charge >= 0.3 is 0 Å². The van der Waals surface area contributed by atoms with E-state index >= 15 is 0 Å². The molecule has 0 bridgehead atoms. The predicted octanol–water partition coefficient (Wildman–Crippen LogP) is 2.04. The van der Waals surface area contributed by atoms with Crippen molar-refractivity contribution in [1.82, 2.24) is 24.5 Å². The quantitative estimate of drug-likeness (QED) is 0.709. The van der Waals surface area contributed by atoms with E-state index < -0.39 is 0 Å². The van der Waals surface area contributed by atoms with Gasteiger partial charge in [0.05, 0.1) is 19.1 Å². The molecule has 7 nitrogen and oxygen atoms in total. The van der Waals surface area contributed by atoms with Gasteiger partial charge in [0.1, 0.15) is 17.6 Å². The van der Waals surface area contributed by atoms with Gasteiger partial charge in [0.2, 0.25) is 0 Å². The molecular formula is C13H13BrN6O. The number of ether oxygens (including phenoxy) is 1. The van der Waals surface area contributed by atoms with Crippen LogP contribution in [0.3, 0.4) is 0 Å². The van der Waals surface area contributed by atoms with Crippen molar-refractivity contribution in [2.75, 3.05) is 12.3 Å². The molecule has 3 heterocycles. The zero-order chi connectivity index (χ0) is 14.7. The first kappa shape index (κ1) is 13.7. The lowest BCUT2D eigenvalue weighted by Crippen LogP contribution is -2.05. The van der Waals surface area contributed by atoms with Gasteiger partial charge in [-0.25, -0.2) is 15.0 Å². The van der Waals surface area contributed by atoms with Crippen LogP contribution in [0, 0.1) is 0 Å². The zero-order valence-electron chi connectivity index (χ0n) is 11.1. The van der Waals surface area contributed by atoms with Gasteiger partial charge in [-0.05, 0) is 28.4 Å². The van der Waals surface area contributed by atoms with Gasteiger partial charge in [-0.1, -0.05) is 0 Å². The molecule has 0 aliphatic rings. The van der Waals surface area contributed by atoms with Crippen LogP contribution < -0.4 is 10.5 Å². The summed E-state index contributed by atoms with van der Waals surface area (Å²) in [6.45, 7) is 1.33. The number of aryl methyl sites for hydroxylation is 1. The smallest absolute Gasteiger partial charge is 0.165 e. The number of nitrogens with zero attached hydrogens (tertiary/aromatic N) is 5. The second-order valence-electron chi connectivity index (χ2n) is 4.41. The van der Waals surface area contributed by atoms with Crippen molar-refractivity contribution >= 4 is 32.9 Å². The van der Waals surface area contributed by atoms with Crippen LogP contribution in [0.5, 0.6) is 5.75 Å². The lowest BCUT2D eigenvalue weighted by Gasteiger charge is -2.07. The van der Waals surface area contributed by atoms with E-state index in [0.717, 1.165) is 28.8 Å². The summed E-state index contributed by atoms with van der Waals surface area (Å²) in [5.74, 6) is 1.14. The number of nitrogens with two attached hydrogens (primary N) is 1. The van der Waals surface area contributed by atoms with Crippen molar-refractivity contribution in [3.63, 3.8) is 0 Å². The first-order chi connectivity index (χ1) is 10.2. The average molecular weight is 349 g/mol. The molecule has 3 aromatic heterocycles. The van der Waals surface area contributed by atoms with Crippen molar-refractivity contribution in [2.24, 2.45) is 0 Å². The number of fused-ring (bicyclic) bond motifs is 1. The van der Waals surface area contributed by atoms with Crippen molar-refractivity contribution in [3.8, 4) is 5.75 Å². The van der Waals surface area contributed by atoms with Gasteiger partial charge in [-0.3, -0.25) is 4.98 Å². The molecular weight excluding hydrogens is 336 g/mol. The highest BCUT2D eigenvalue weighted by Crippen LogP contribution is 2.17. The Labute approximate surface area is 129 Å². The summed E-state index contributed by atoms with van der Waals surface area (Å²) in [6, 6.07) is 1.88. The Bertz CT molecular complexity index is 759. The summed E-state index contributed by atoms with van der Waals surface area (Å²) in [5, 5.41) is 0. The van der Waals surface area contributed by atoms with Gasteiger partial charge in [0.15, 0.2) is 11.5 Å². The first-order valence-corrected chi connectivity index (χ1v) is 7.18. The van der Waals surface area contributed by atoms with Crippen molar-refractivity contribution in [2.45, 2.75) is 13.0 Å². The fourth-order valence-corrected chi connectivity index (χ4v) is 2.30. The molecule has 3 aromatic rings. The van der Waals surface area contributed by atoms with Crippen LogP contribution in [-0.2, 0) is 6.54 Å². The van der Waals surface area contributed by atoms with Crippen molar-refractivity contribution in [3.05, 3.63) is 35.6 Å². The van der Waals surface area contributed by atoms with E-state index in [2.05, 4.69) is 35.9 Å². The maximum atomic E-state index is 5.75. The topological polar surface area (TPSA) is 91.7 Å². The van der Waals surface area contributed by atoms with Gasteiger partial charge in [-0.2, -0.15) is 0 Å². The normalized spacial score (nSPS) is 10.9. The molecule has 8 heteroatoms. The van der Waals surface area contributed by atoms with E-state index in [4.69, 9.17) is 10.5 Å². The van der Waals surface area contributed by atoms with E-state index in [-0.39, 0.29) is 0 Å². The Hall–Kier alpha value is -2.22. The maximum Gasteiger partial charge on any atom is 0.165 e. The fourth-order valence-electron chi connectivity index (χ4n) is 1.96. The van der Waals surface area contributed by atoms with Gasteiger partial charge in [0, 0.05) is 17.2 Å². The molecule has 0 saturated heterocycles. The second kappa shape index (κ2) is 6.04. The minimum absolute atomic E-state index is 0.398. The average Bonchev–Trinajstić information content (AvgIpc) is 2.88. The molecule has 3 rings (SSSR count). The molecule has 21 heavy (non-hydrogen) atoms. The highest BCUT2D eigenvalue weighted by atomic mass is 79.9. The second-order valence-corrected chi connectivity index (χ2v) is 5.33. The molecule has 0 aliphatic carbocycles. The molecule has 108 valence electrons. The van der Waals surface area contributed by atoms with Gasteiger partial charge in [0.25, 0.3) is 0 Å². The number of anilines is 1. The van der Waals surface area contributed by atoms with Crippen molar-refractivity contribution < 1.29 is 4.74 Å². The number of imidazole rings is 1. The van der Waals surface area contributed by atoms with Crippen LogP contribution in [0.25, 0.3) is 11.2 Å². The minimum atomic E-state index is 0.398. The molecule has 0 radical (unpaired) electrons. The molecule has 0 fully saturated rings. The monoisotopic (exact) mass is 348 g/mol. The number of aromatic nitrogens is 5. The summed E-state index contributed by atoms with van der Waals surface area (Å²) >= 11 is 3.36. The Morgan fingerprint density at radius 2 is 2.14 bits per heavy atom. The Balaban J connectivity index is 1.59. The van der Waals surface area contributed by atoms with E-state index in [9.17, 15) is 0 Å². The van der Waals surface area contributed by atoms with E-state index in [0.29, 0.717) is 17.9 Å². The number of nitrogen functional groups attached to an aromatic ring is 1. The van der Waals surface area contributed by atoms with Crippen LogP contribution >= 0.6 is 15.9 Å². The Morgan fingerprint density at radius 1 is 1.24 bits per heavy atom. The maximum absolute atomic E-state index is 5.75. The molecule has 0 atom stereocenters. The summed E-state index contributed by atoms with van der Waals surface area (Å²) in [5.41, 5.74) is 7.13. The van der Waals surface area contributed by atoms with Crippen molar-refractivity contribution in [1.29, 1.82) is 0 Å². The number of hydrogen-bond donors (Lipinski definition) is 1. The Kier molecular flexibility index (Phi) is 3.96. The molecule has 0 saturated carbocycles. The molecule has 0 aromatic carbocycles. The van der Waals surface area contributed by atoms with Crippen LogP contribution in [-0.4, -0.2) is 31.1 Å². The van der Waals surface area contributed by atoms with Crippen LogP contribution in [0.2, 0.25) is 0 Å². The zero-order valence-corrected chi connectivity index (χ0v) is 12.7. The molecule has 2 N–H and O–H groups in total. The first-order valence-electron chi connectivity index (χ1n) is 6.39. The van der Waals surface area contributed by atoms with Gasteiger partial charge in [-0.15, -0.1) is 0 Å². The highest BCUT2D eigenvalue weighted by molar-refractivity contribution is 9.10. The number of pyridine rings is 1. The predicted molar refractivity (Wildman–Crippen MR) is 81.8 cm³/mol. The highest BCUT2D eigenvalue weighted by Gasteiger charge is 2.07. The van der Waals surface area contributed by atoms with Crippen LogP contribution in [0.4, 0.5) is 5.82 Å². The number of rotatable bonds is 5. The minimum Gasteiger partial charge on any atom is -0.492 e. The molecule has 0 spiro atoms. The lowest BCUT2D eigenvalue weighted by atomic mass is 10.4. The molecule has 0 amide bonds. The fraction of sp³-hybridized carbons (Fsp3) is 0.231. The third-order valence-corrected chi connectivity index (χ3v) is 3.36. The summed E-state index contributed by atoms with van der Waals surface area (Å²) < 4.78 is 8.47. The SMILES string of the molecule is Nc1ncnc2c1ncn2CCCOc1cncc(Br)c1. The Morgan fingerprint density at radius 3 is 3.00 bits per heavy atom. The molecule has 0 aliphatic heterocycles. The van der Waals surface area contributed by atoms with E-state index in [1.54, 1.807) is 18.7 Å². The van der Waals surface area contributed by atoms with Crippen LogP contribution in [0.15, 0.2) is 35.6 Å². The standard InChI is InChI=1S/C13H13BrN6O/c14-9-4-10(6-16-5-9)21-3-1-2-20-8-19-11-12(15)17-7-18-13(11)20/h4-8H,1-3H2,(H2,15,17,18). The van der Waals surface area contributed by atoms with Gasteiger partial charge < -0.3 is 15.0 Å². The third kappa shape index (κ3) is 3.10. The third-order valence-electron chi connectivity index (χ3n) is 2.92. The number of halogens is 1. The van der Waals surface area contributed by atoms with E-state index in [1.165, 1.54) is 6.33 Å². The lowest BCUT2D eigenvalue weighted by molar-refractivity contribution is 0.301. The summed E-state index contributed by atoms with van der Waals surface area (Å²) in [4.78, 5) is 16.4. The summed E-state index contributed by atoms with van der Waals surface area (Å²) in [6.07, 6.45) is 7.39. The van der Waals surface area contributed by atoms with E-state index in [1.807, 2.05) is 10.6 Å². The summed E-state index contributed by atoms with van der Waals surface area (Å²) in [7, 11) is 0. The van der Waals surface area contributed by atoms with Crippen LogP contribution in [0.1, 0.15) is 6.42 Å². The largest absolute Gasteiger partial charge is 0.492 e. The number of hydrogen-bond acceptors (Lipinski definition) is 6.